The number of nitrogens with two attached hydrogens (primary N) is 1. The fraction of sp³-hybridized carbons (Fsp3) is 0.417. The number of nitrogens with one attached hydrogen (secondary N) is 1. The van der Waals surface area contributed by atoms with Crippen molar-refractivity contribution in [2.45, 2.75) is 26.3 Å². The third-order valence-electron chi connectivity index (χ3n) is 2.10. The number of hydrogen-bond acceptors (Lipinski definition) is 2. The number of hydrogen-bond donors (Lipinski definition) is 2. The van der Waals surface area contributed by atoms with Crippen molar-refractivity contribution >= 4 is 11.6 Å². The van der Waals surface area contributed by atoms with Gasteiger partial charge in [-0.1, -0.05) is 32.0 Å². The summed E-state index contributed by atoms with van der Waals surface area (Å²) >= 11 is 0. The maximum absolute atomic E-state index is 11.6. The molecule has 1 atom stereocenters. The zero-order valence-electron chi connectivity index (χ0n) is 9.23. The molecule has 0 saturated carbocycles. The van der Waals surface area contributed by atoms with Crippen LogP contribution in [-0.4, -0.2) is 11.9 Å². The quantitative estimate of drug-likeness (QED) is 0.791. The minimum Gasteiger partial charge on any atom is -0.325 e. The Morgan fingerprint density at radius 3 is 2.47 bits per heavy atom. The molecule has 0 fully saturated rings. The molecular weight excluding hydrogens is 188 g/mol. The summed E-state index contributed by atoms with van der Waals surface area (Å²) in [6.45, 7) is 4.10. The van der Waals surface area contributed by atoms with Gasteiger partial charge in [-0.3, -0.25) is 4.79 Å². The van der Waals surface area contributed by atoms with Crippen LogP contribution in [0.1, 0.15) is 20.3 Å². The van der Waals surface area contributed by atoms with E-state index in [1.54, 1.807) is 0 Å². The molecule has 0 heterocycles. The first kappa shape index (κ1) is 11.7. The van der Waals surface area contributed by atoms with Crippen LogP contribution in [0.2, 0.25) is 0 Å². The summed E-state index contributed by atoms with van der Waals surface area (Å²) in [4.78, 5) is 11.6. The Morgan fingerprint density at radius 1 is 1.33 bits per heavy atom. The summed E-state index contributed by atoms with van der Waals surface area (Å²) in [5.41, 5.74) is 6.55. The van der Waals surface area contributed by atoms with E-state index in [2.05, 4.69) is 19.2 Å². The molecule has 1 amide bonds. The summed E-state index contributed by atoms with van der Waals surface area (Å²) in [7, 11) is 0. The van der Waals surface area contributed by atoms with Crippen molar-refractivity contribution in [3.63, 3.8) is 0 Å². The summed E-state index contributed by atoms with van der Waals surface area (Å²) in [5.74, 6) is 0.316. The lowest BCUT2D eigenvalue weighted by Crippen LogP contribution is -2.36. The number of carbonyl (C=O) groups excluding carboxylic acids is 1. The molecule has 3 N–H and O–H groups in total. The lowest BCUT2D eigenvalue weighted by Gasteiger charge is -2.13. The zero-order chi connectivity index (χ0) is 11.3. The van der Waals surface area contributed by atoms with Crippen LogP contribution in [0.3, 0.4) is 0 Å². The first-order chi connectivity index (χ1) is 7.09. The highest BCUT2D eigenvalue weighted by atomic mass is 16.2. The second-order valence-electron chi connectivity index (χ2n) is 4.09. The molecule has 1 aromatic carbocycles. The van der Waals surface area contributed by atoms with Crippen LogP contribution in [0.15, 0.2) is 30.3 Å². The Labute approximate surface area is 90.7 Å². The zero-order valence-corrected chi connectivity index (χ0v) is 9.23. The van der Waals surface area contributed by atoms with Crippen molar-refractivity contribution in [2.24, 2.45) is 11.7 Å². The predicted molar refractivity (Wildman–Crippen MR) is 62.5 cm³/mol. The standard InChI is InChI=1S/C12H18N2O/c1-9(2)8-11(13)12(15)14-10-6-4-3-5-7-10/h3-7,9,11H,8,13H2,1-2H3,(H,14,15)/t11-/m1/s1. The minimum atomic E-state index is -0.426. The van der Waals surface area contributed by atoms with Crippen molar-refractivity contribution in [3.05, 3.63) is 30.3 Å². The largest absolute Gasteiger partial charge is 0.325 e. The Bertz CT molecular complexity index is 309. The molecule has 82 valence electrons. The van der Waals surface area contributed by atoms with E-state index in [0.717, 1.165) is 5.69 Å². The van der Waals surface area contributed by atoms with E-state index in [4.69, 9.17) is 5.73 Å². The normalized spacial score (nSPS) is 12.5. The molecule has 0 aliphatic heterocycles. The second kappa shape index (κ2) is 5.51. The van der Waals surface area contributed by atoms with E-state index in [9.17, 15) is 4.79 Å². The molecule has 0 aromatic heterocycles. The monoisotopic (exact) mass is 206 g/mol. The van der Waals surface area contributed by atoms with Crippen LogP contribution in [0.4, 0.5) is 5.69 Å². The first-order valence-electron chi connectivity index (χ1n) is 5.21. The number of carbonyl (C=O) groups is 1. The summed E-state index contributed by atoms with van der Waals surface area (Å²) < 4.78 is 0. The fourth-order valence-electron chi connectivity index (χ4n) is 1.37. The van der Waals surface area contributed by atoms with Gasteiger partial charge in [-0.15, -0.1) is 0 Å². The van der Waals surface area contributed by atoms with Crippen molar-refractivity contribution in [3.8, 4) is 0 Å². The molecule has 1 aromatic rings. The Hall–Kier alpha value is -1.35. The molecule has 0 radical (unpaired) electrons. The van der Waals surface area contributed by atoms with E-state index >= 15 is 0 Å². The molecular formula is C12H18N2O. The van der Waals surface area contributed by atoms with Gasteiger partial charge in [-0.05, 0) is 24.5 Å². The Balaban J connectivity index is 2.49. The molecule has 0 aliphatic rings. The number of rotatable bonds is 4. The van der Waals surface area contributed by atoms with Crippen LogP contribution < -0.4 is 11.1 Å². The maximum atomic E-state index is 11.6. The summed E-state index contributed by atoms with van der Waals surface area (Å²) in [6, 6.07) is 8.93. The topological polar surface area (TPSA) is 55.1 Å². The van der Waals surface area contributed by atoms with E-state index in [1.807, 2.05) is 30.3 Å². The molecule has 0 aliphatic carbocycles. The van der Waals surface area contributed by atoms with Crippen LogP contribution in [0.5, 0.6) is 0 Å². The highest BCUT2D eigenvalue weighted by molar-refractivity contribution is 5.94. The molecule has 0 saturated heterocycles. The lowest BCUT2D eigenvalue weighted by molar-refractivity contribution is -0.117. The molecule has 0 spiro atoms. The van der Waals surface area contributed by atoms with Crippen LogP contribution in [0, 0.1) is 5.92 Å². The fourth-order valence-corrected chi connectivity index (χ4v) is 1.37. The van der Waals surface area contributed by atoms with Gasteiger partial charge in [0.15, 0.2) is 0 Å². The van der Waals surface area contributed by atoms with E-state index < -0.39 is 6.04 Å². The Morgan fingerprint density at radius 2 is 1.93 bits per heavy atom. The number of para-hydroxylation sites is 1. The minimum absolute atomic E-state index is 0.116. The number of anilines is 1. The van der Waals surface area contributed by atoms with Crippen molar-refractivity contribution < 1.29 is 4.79 Å². The van der Waals surface area contributed by atoms with Crippen LogP contribution in [0.25, 0.3) is 0 Å². The van der Waals surface area contributed by atoms with Gasteiger partial charge >= 0.3 is 0 Å². The molecule has 3 heteroatoms. The average molecular weight is 206 g/mol. The smallest absolute Gasteiger partial charge is 0.241 e. The van der Waals surface area contributed by atoms with E-state index in [0.29, 0.717) is 12.3 Å². The first-order valence-corrected chi connectivity index (χ1v) is 5.21. The van der Waals surface area contributed by atoms with Crippen molar-refractivity contribution in [1.29, 1.82) is 0 Å². The van der Waals surface area contributed by atoms with Gasteiger partial charge < -0.3 is 11.1 Å². The molecule has 0 bridgehead atoms. The molecule has 0 unspecified atom stereocenters. The highest BCUT2D eigenvalue weighted by Crippen LogP contribution is 2.08. The van der Waals surface area contributed by atoms with E-state index in [1.165, 1.54) is 0 Å². The second-order valence-corrected chi connectivity index (χ2v) is 4.09. The van der Waals surface area contributed by atoms with Gasteiger partial charge in [-0.25, -0.2) is 0 Å². The van der Waals surface area contributed by atoms with Gasteiger partial charge in [0.2, 0.25) is 5.91 Å². The van der Waals surface area contributed by atoms with E-state index in [-0.39, 0.29) is 5.91 Å². The van der Waals surface area contributed by atoms with Crippen LogP contribution >= 0.6 is 0 Å². The van der Waals surface area contributed by atoms with Gasteiger partial charge in [0.25, 0.3) is 0 Å². The number of amides is 1. The van der Waals surface area contributed by atoms with Crippen molar-refractivity contribution in [2.75, 3.05) is 5.32 Å². The Kier molecular flexibility index (Phi) is 4.31. The third kappa shape index (κ3) is 4.13. The van der Waals surface area contributed by atoms with Gasteiger partial charge in [-0.2, -0.15) is 0 Å². The lowest BCUT2D eigenvalue weighted by atomic mass is 10.0. The number of benzene rings is 1. The SMILES string of the molecule is CC(C)C[C@@H](N)C(=O)Nc1ccccc1. The van der Waals surface area contributed by atoms with Gasteiger partial charge in [0, 0.05) is 5.69 Å². The van der Waals surface area contributed by atoms with Crippen LogP contribution in [-0.2, 0) is 4.79 Å². The maximum Gasteiger partial charge on any atom is 0.241 e. The van der Waals surface area contributed by atoms with Gasteiger partial charge in [0.05, 0.1) is 6.04 Å². The van der Waals surface area contributed by atoms with Gasteiger partial charge in [0.1, 0.15) is 0 Å². The highest BCUT2D eigenvalue weighted by Gasteiger charge is 2.14. The summed E-state index contributed by atoms with van der Waals surface area (Å²) in [5, 5.41) is 2.78. The van der Waals surface area contributed by atoms with Crippen molar-refractivity contribution in [1.82, 2.24) is 0 Å². The molecule has 1 rings (SSSR count). The summed E-state index contributed by atoms with van der Waals surface area (Å²) in [6.07, 6.45) is 0.707. The molecule has 3 nitrogen and oxygen atoms in total. The average Bonchev–Trinajstić information content (AvgIpc) is 2.18. The third-order valence-corrected chi connectivity index (χ3v) is 2.10. The predicted octanol–water partition coefficient (Wildman–Crippen LogP) is 2.00. The molecule has 15 heavy (non-hydrogen) atoms.